The zero-order valence-corrected chi connectivity index (χ0v) is 12.8. The number of nitrogens with one attached hydrogen (secondary N) is 2. The van der Waals surface area contributed by atoms with Gasteiger partial charge in [-0.25, -0.2) is 0 Å². The number of halogens is 1. The van der Waals surface area contributed by atoms with E-state index in [1.165, 1.54) is 32.1 Å². The Morgan fingerprint density at radius 2 is 2.05 bits per heavy atom. The van der Waals surface area contributed by atoms with E-state index in [-0.39, 0.29) is 0 Å². The van der Waals surface area contributed by atoms with Gasteiger partial charge in [0.1, 0.15) is 0 Å². The van der Waals surface area contributed by atoms with E-state index in [2.05, 4.69) is 29.4 Å². The standard InChI is InChI=1S/C17H23ClN2/c1-12-5-4-6-13(10-9-12)19-11-16-17(18)14-7-2-3-8-15(14)20-16/h2-3,7-8,12-13,19-20H,4-6,9-11H2,1H3. The third-order valence-corrected chi connectivity index (χ3v) is 4.97. The van der Waals surface area contributed by atoms with E-state index in [9.17, 15) is 0 Å². The highest BCUT2D eigenvalue weighted by Gasteiger charge is 2.16. The number of aromatic nitrogens is 1. The largest absolute Gasteiger partial charge is 0.356 e. The highest BCUT2D eigenvalue weighted by molar-refractivity contribution is 6.36. The van der Waals surface area contributed by atoms with E-state index in [4.69, 9.17) is 11.6 Å². The van der Waals surface area contributed by atoms with Crippen molar-refractivity contribution in [3.05, 3.63) is 35.0 Å². The fourth-order valence-electron chi connectivity index (χ4n) is 3.22. The van der Waals surface area contributed by atoms with Crippen LogP contribution in [0.2, 0.25) is 5.02 Å². The number of H-pyrrole nitrogens is 1. The third kappa shape index (κ3) is 3.02. The van der Waals surface area contributed by atoms with E-state index in [1.807, 2.05) is 12.1 Å². The van der Waals surface area contributed by atoms with Crippen LogP contribution in [0, 0.1) is 5.92 Å². The molecule has 1 aliphatic rings. The van der Waals surface area contributed by atoms with Crippen LogP contribution in [0.5, 0.6) is 0 Å². The molecule has 1 fully saturated rings. The first-order chi connectivity index (χ1) is 9.74. The van der Waals surface area contributed by atoms with Crippen LogP contribution in [0.1, 0.15) is 44.7 Å². The molecule has 1 aliphatic carbocycles. The molecule has 0 spiro atoms. The Bertz CT molecular complexity index is 575. The van der Waals surface area contributed by atoms with E-state index >= 15 is 0 Å². The van der Waals surface area contributed by atoms with Crippen LogP contribution < -0.4 is 5.32 Å². The number of para-hydroxylation sites is 1. The fourth-order valence-corrected chi connectivity index (χ4v) is 3.50. The van der Waals surface area contributed by atoms with Gasteiger partial charge in [0.2, 0.25) is 0 Å². The van der Waals surface area contributed by atoms with Crippen LogP contribution in [0.3, 0.4) is 0 Å². The van der Waals surface area contributed by atoms with Crippen molar-refractivity contribution < 1.29 is 0 Å². The predicted molar refractivity (Wildman–Crippen MR) is 86.2 cm³/mol. The Morgan fingerprint density at radius 3 is 2.90 bits per heavy atom. The number of fused-ring (bicyclic) bond motifs is 1. The van der Waals surface area contributed by atoms with Gasteiger partial charge in [-0.3, -0.25) is 0 Å². The van der Waals surface area contributed by atoms with Gasteiger partial charge in [0, 0.05) is 29.2 Å². The van der Waals surface area contributed by atoms with E-state index < -0.39 is 0 Å². The minimum Gasteiger partial charge on any atom is -0.356 e. The Hall–Kier alpha value is -0.990. The predicted octanol–water partition coefficient (Wildman–Crippen LogP) is 4.88. The van der Waals surface area contributed by atoms with Crippen molar-refractivity contribution in [2.24, 2.45) is 5.92 Å². The quantitative estimate of drug-likeness (QED) is 0.775. The second-order valence-electron chi connectivity index (χ2n) is 6.15. The molecule has 108 valence electrons. The third-order valence-electron chi connectivity index (χ3n) is 4.54. The van der Waals surface area contributed by atoms with Crippen molar-refractivity contribution in [1.82, 2.24) is 10.3 Å². The van der Waals surface area contributed by atoms with Gasteiger partial charge in [-0.1, -0.05) is 49.6 Å². The normalized spacial score (nSPS) is 23.9. The highest BCUT2D eigenvalue weighted by atomic mass is 35.5. The summed E-state index contributed by atoms with van der Waals surface area (Å²) in [5, 5.41) is 5.68. The summed E-state index contributed by atoms with van der Waals surface area (Å²) in [6.07, 6.45) is 6.66. The lowest BCUT2D eigenvalue weighted by Crippen LogP contribution is -2.28. The smallest absolute Gasteiger partial charge is 0.0705 e. The lowest BCUT2D eigenvalue weighted by Gasteiger charge is -2.16. The number of rotatable bonds is 3. The summed E-state index contributed by atoms with van der Waals surface area (Å²) < 4.78 is 0. The lowest BCUT2D eigenvalue weighted by atomic mass is 10.0. The summed E-state index contributed by atoms with van der Waals surface area (Å²) in [5.74, 6) is 0.887. The summed E-state index contributed by atoms with van der Waals surface area (Å²) in [6, 6.07) is 8.87. The monoisotopic (exact) mass is 290 g/mol. The maximum atomic E-state index is 6.46. The molecule has 1 saturated carbocycles. The molecule has 2 atom stereocenters. The van der Waals surface area contributed by atoms with Gasteiger partial charge in [0.05, 0.1) is 5.02 Å². The summed E-state index contributed by atoms with van der Waals surface area (Å²) in [5.41, 5.74) is 2.24. The first-order valence-corrected chi connectivity index (χ1v) is 8.10. The van der Waals surface area contributed by atoms with Crippen LogP contribution in [0.4, 0.5) is 0 Å². The molecule has 1 aromatic carbocycles. The van der Waals surface area contributed by atoms with E-state index in [0.717, 1.165) is 34.1 Å². The van der Waals surface area contributed by atoms with Gasteiger partial charge in [0.15, 0.2) is 0 Å². The molecule has 2 nitrogen and oxygen atoms in total. The summed E-state index contributed by atoms with van der Waals surface area (Å²) in [6.45, 7) is 3.21. The van der Waals surface area contributed by atoms with Crippen LogP contribution in [0.15, 0.2) is 24.3 Å². The maximum absolute atomic E-state index is 6.46. The molecule has 0 aliphatic heterocycles. The Kier molecular flexibility index (Phi) is 4.32. The molecule has 0 bridgehead atoms. The van der Waals surface area contributed by atoms with Gasteiger partial charge < -0.3 is 10.3 Å². The average Bonchev–Trinajstić information content (AvgIpc) is 2.63. The second-order valence-corrected chi connectivity index (χ2v) is 6.53. The van der Waals surface area contributed by atoms with Crippen LogP contribution in [-0.2, 0) is 6.54 Å². The molecule has 3 rings (SSSR count). The van der Waals surface area contributed by atoms with Crippen molar-refractivity contribution in [1.29, 1.82) is 0 Å². The van der Waals surface area contributed by atoms with Crippen LogP contribution >= 0.6 is 11.6 Å². The van der Waals surface area contributed by atoms with Crippen molar-refractivity contribution in [3.63, 3.8) is 0 Å². The average molecular weight is 291 g/mol. The molecule has 1 aromatic heterocycles. The molecular formula is C17H23ClN2. The Balaban J connectivity index is 1.66. The van der Waals surface area contributed by atoms with Crippen LogP contribution in [0.25, 0.3) is 10.9 Å². The first-order valence-electron chi connectivity index (χ1n) is 7.72. The number of benzene rings is 1. The van der Waals surface area contributed by atoms with Crippen molar-refractivity contribution in [2.45, 2.75) is 51.6 Å². The van der Waals surface area contributed by atoms with Crippen LogP contribution in [-0.4, -0.2) is 11.0 Å². The molecule has 20 heavy (non-hydrogen) atoms. The molecule has 0 amide bonds. The molecule has 2 unspecified atom stereocenters. The molecule has 0 radical (unpaired) electrons. The second kappa shape index (κ2) is 6.19. The zero-order valence-electron chi connectivity index (χ0n) is 12.1. The summed E-state index contributed by atoms with van der Waals surface area (Å²) >= 11 is 6.46. The molecule has 2 aromatic rings. The van der Waals surface area contributed by atoms with Crippen molar-refractivity contribution in [3.8, 4) is 0 Å². The number of hydrogen-bond donors (Lipinski definition) is 2. The number of hydrogen-bond acceptors (Lipinski definition) is 1. The first kappa shape index (κ1) is 14.0. The Labute approximate surface area is 125 Å². The van der Waals surface area contributed by atoms with E-state index in [1.54, 1.807) is 0 Å². The molecule has 0 saturated heterocycles. The summed E-state index contributed by atoms with van der Waals surface area (Å²) in [4.78, 5) is 3.43. The molecule has 1 heterocycles. The minimum atomic E-state index is 0.641. The maximum Gasteiger partial charge on any atom is 0.0705 e. The molecular weight excluding hydrogens is 268 g/mol. The van der Waals surface area contributed by atoms with Crippen molar-refractivity contribution >= 4 is 22.5 Å². The van der Waals surface area contributed by atoms with Crippen molar-refractivity contribution in [2.75, 3.05) is 0 Å². The molecule has 2 N–H and O–H groups in total. The van der Waals surface area contributed by atoms with Gasteiger partial charge in [-0.15, -0.1) is 0 Å². The zero-order chi connectivity index (χ0) is 13.9. The SMILES string of the molecule is CC1CCCC(NCc2[nH]c3ccccc3c2Cl)CC1. The fraction of sp³-hybridized carbons (Fsp3) is 0.529. The van der Waals surface area contributed by atoms with Gasteiger partial charge in [-0.2, -0.15) is 0 Å². The lowest BCUT2D eigenvalue weighted by molar-refractivity contribution is 0.445. The minimum absolute atomic E-state index is 0.641. The van der Waals surface area contributed by atoms with E-state index in [0.29, 0.717) is 6.04 Å². The van der Waals surface area contributed by atoms with Gasteiger partial charge in [0.25, 0.3) is 0 Å². The topological polar surface area (TPSA) is 27.8 Å². The molecule has 3 heteroatoms. The number of aromatic amines is 1. The summed E-state index contributed by atoms with van der Waals surface area (Å²) in [7, 11) is 0. The van der Waals surface area contributed by atoms with Gasteiger partial charge in [-0.05, 0) is 31.2 Å². The Morgan fingerprint density at radius 1 is 1.20 bits per heavy atom. The van der Waals surface area contributed by atoms with Gasteiger partial charge >= 0.3 is 0 Å². The highest BCUT2D eigenvalue weighted by Crippen LogP contribution is 2.28.